The highest BCUT2D eigenvalue weighted by Crippen LogP contribution is 2.39. The lowest BCUT2D eigenvalue weighted by molar-refractivity contribution is -0.167. The number of fused-ring (bicyclic) bond motifs is 1. The van der Waals surface area contributed by atoms with E-state index in [1.807, 2.05) is 5.32 Å². The maximum atomic E-state index is 12.9. The zero-order chi connectivity index (χ0) is 19.6. The molecule has 2 N–H and O–H groups in total. The first kappa shape index (κ1) is 19.7. The Morgan fingerprint density at radius 2 is 1.74 bits per heavy atom. The van der Waals surface area contributed by atoms with Crippen molar-refractivity contribution in [2.75, 3.05) is 10.6 Å². The number of hydrogen-bond donors (Lipinski definition) is 2. The van der Waals surface area contributed by atoms with Crippen molar-refractivity contribution in [3.63, 3.8) is 0 Å². The lowest BCUT2D eigenvalue weighted by atomic mass is 10.0. The van der Waals surface area contributed by atoms with Gasteiger partial charge in [0.2, 0.25) is 0 Å². The topological polar surface area (TPSA) is 58.2 Å². The average molecular weight is 417 g/mol. The van der Waals surface area contributed by atoms with Gasteiger partial charge in [0.25, 0.3) is 5.91 Å². The molecule has 2 amide bonds. The van der Waals surface area contributed by atoms with E-state index in [1.54, 1.807) is 24.3 Å². The zero-order valence-corrected chi connectivity index (χ0v) is 15.7. The number of anilines is 2. The number of carbonyl (C=O) groups is 2. The Bertz CT molecular complexity index is 880. The normalized spacial score (nSPS) is 14.2. The standard InChI is InChI=1S/C18H16ClF3N2O2S/c19-11-7-4-5-8-12(11)23-15(25)14-10-6-2-1-3-9-13(10)27-16(14)24-17(26)18(20,21)22/h4-5,7-8H,1-3,6,9H2,(H,23,25)(H,24,26). The number of carbonyl (C=O) groups excluding carboxylic acids is 2. The molecule has 144 valence electrons. The Labute approximate surface area is 162 Å². The molecule has 1 aromatic carbocycles. The maximum absolute atomic E-state index is 12.9. The van der Waals surface area contributed by atoms with E-state index in [4.69, 9.17) is 11.6 Å². The number of hydrogen-bond acceptors (Lipinski definition) is 3. The van der Waals surface area contributed by atoms with Crippen molar-refractivity contribution in [1.29, 1.82) is 0 Å². The first-order chi connectivity index (χ1) is 12.8. The third-order valence-corrected chi connectivity index (χ3v) is 5.79. The summed E-state index contributed by atoms with van der Waals surface area (Å²) in [4.78, 5) is 25.1. The van der Waals surface area contributed by atoms with Crippen LogP contribution in [0.15, 0.2) is 24.3 Å². The molecule has 27 heavy (non-hydrogen) atoms. The van der Waals surface area contributed by atoms with Gasteiger partial charge in [0.1, 0.15) is 5.00 Å². The Balaban J connectivity index is 1.98. The number of benzene rings is 1. The summed E-state index contributed by atoms with van der Waals surface area (Å²) in [6, 6.07) is 6.57. The molecular weight excluding hydrogens is 401 g/mol. The number of amides is 2. The van der Waals surface area contributed by atoms with Crippen LogP contribution in [-0.4, -0.2) is 18.0 Å². The molecule has 0 aliphatic heterocycles. The summed E-state index contributed by atoms with van der Waals surface area (Å²) in [7, 11) is 0. The molecule has 1 heterocycles. The van der Waals surface area contributed by atoms with E-state index in [9.17, 15) is 22.8 Å². The number of halogens is 4. The minimum Gasteiger partial charge on any atom is -0.321 e. The quantitative estimate of drug-likeness (QED) is 0.656. The molecule has 4 nitrogen and oxygen atoms in total. The highest BCUT2D eigenvalue weighted by molar-refractivity contribution is 7.17. The Kier molecular flexibility index (Phi) is 5.76. The van der Waals surface area contributed by atoms with Crippen molar-refractivity contribution in [2.24, 2.45) is 0 Å². The van der Waals surface area contributed by atoms with Gasteiger partial charge in [0.05, 0.1) is 16.3 Å². The summed E-state index contributed by atoms with van der Waals surface area (Å²) in [5, 5.41) is 4.75. The highest BCUT2D eigenvalue weighted by Gasteiger charge is 2.40. The summed E-state index contributed by atoms with van der Waals surface area (Å²) >= 11 is 7.09. The van der Waals surface area contributed by atoms with E-state index < -0.39 is 18.0 Å². The molecule has 0 bridgehead atoms. The summed E-state index contributed by atoms with van der Waals surface area (Å²) in [5.74, 6) is -2.68. The van der Waals surface area contributed by atoms with Gasteiger partial charge in [-0.25, -0.2) is 0 Å². The smallest absolute Gasteiger partial charge is 0.321 e. The SMILES string of the molecule is O=C(Nc1ccccc1Cl)c1c(NC(=O)C(F)(F)F)sc2c1CCCCC2. The van der Waals surface area contributed by atoms with Gasteiger partial charge >= 0.3 is 12.1 Å². The van der Waals surface area contributed by atoms with Gasteiger partial charge in [0.15, 0.2) is 0 Å². The molecule has 1 aromatic heterocycles. The second kappa shape index (κ2) is 7.90. The minimum absolute atomic E-state index is 0.0752. The maximum Gasteiger partial charge on any atom is 0.471 e. The Hall–Kier alpha value is -2.06. The summed E-state index contributed by atoms with van der Waals surface area (Å²) in [6.45, 7) is 0. The zero-order valence-electron chi connectivity index (χ0n) is 14.1. The third kappa shape index (κ3) is 4.44. The number of thiophene rings is 1. The molecule has 0 saturated carbocycles. The highest BCUT2D eigenvalue weighted by atomic mass is 35.5. The van der Waals surface area contributed by atoms with Gasteiger partial charge in [0, 0.05) is 4.88 Å². The van der Waals surface area contributed by atoms with E-state index in [2.05, 4.69) is 5.32 Å². The monoisotopic (exact) mass is 416 g/mol. The van der Waals surface area contributed by atoms with Crippen LogP contribution in [0.5, 0.6) is 0 Å². The molecule has 0 spiro atoms. The molecule has 9 heteroatoms. The van der Waals surface area contributed by atoms with Crippen LogP contribution in [0.3, 0.4) is 0 Å². The molecule has 2 aromatic rings. The molecule has 1 aliphatic carbocycles. The van der Waals surface area contributed by atoms with Crippen molar-refractivity contribution in [2.45, 2.75) is 38.3 Å². The van der Waals surface area contributed by atoms with E-state index in [-0.39, 0.29) is 10.6 Å². The van der Waals surface area contributed by atoms with E-state index >= 15 is 0 Å². The average Bonchev–Trinajstić information content (AvgIpc) is 2.77. The predicted octanol–water partition coefficient (Wildman–Crippen LogP) is 5.42. The van der Waals surface area contributed by atoms with Crippen LogP contribution in [0.2, 0.25) is 5.02 Å². The van der Waals surface area contributed by atoms with Crippen LogP contribution in [0.25, 0.3) is 0 Å². The fraction of sp³-hybridized carbons (Fsp3) is 0.333. The van der Waals surface area contributed by atoms with Crippen molar-refractivity contribution in [1.82, 2.24) is 0 Å². The van der Waals surface area contributed by atoms with Gasteiger partial charge in [-0.15, -0.1) is 11.3 Å². The van der Waals surface area contributed by atoms with Crippen molar-refractivity contribution >= 4 is 45.4 Å². The molecule has 0 atom stereocenters. The molecule has 0 radical (unpaired) electrons. The molecule has 0 fully saturated rings. The fourth-order valence-corrected chi connectivity index (χ4v) is 4.46. The van der Waals surface area contributed by atoms with Gasteiger partial charge in [-0.3, -0.25) is 9.59 Å². The largest absolute Gasteiger partial charge is 0.471 e. The van der Waals surface area contributed by atoms with Gasteiger partial charge < -0.3 is 10.6 Å². The van der Waals surface area contributed by atoms with Crippen LogP contribution in [-0.2, 0) is 17.6 Å². The second-order valence-corrected chi connectivity index (χ2v) is 7.67. The van der Waals surface area contributed by atoms with Crippen LogP contribution < -0.4 is 10.6 Å². The molecule has 1 aliphatic rings. The molecule has 0 unspecified atom stereocenters. The van der Waals surface area contributed by atoms with Crippen LogP contribution >= 0.6 is 22.9 Å². The van der Waals surface area contributed by atoms with Crippen molar-refractivity contribution in [3.8, 4) is 0 Å². The van der Waals surface area contributed by atoms with E-state index in [1.165, 1.54) is 0 Å². The molecular formula is C18H16ClF3N2O2S. The first-order valence-corrected chi connectivity index (χ1v) is 9.55. The third-order valence-electron chi connectivity index (χ3n) is 4.25. The lowest BCUT2D eigenvalue weighted by Gasteiger charge is -2.12. The van der Waals surface area contributed by atoms with Gasteiger partial charge in [-0.1, -0.05) is 30.2 Å². The van der Waals surface area contributed by atoms with Gasteiger partial charge in [-0.2, -0.15) is 13.2 Å². The Morgan fingerprint density at radius 1 is 1.04 bits per heavy atom. The number of alkyl halides is 3. The Morgan fingerprint density at radius 3 is 2.44 bits per heavy atom. The lowest BCUT2D eigenvalue weighted by Crippen LogP contribution is -2.30. The number of aryl methyl sites for hydroxylation is 1. The molecule has 3 rings (SSSR count). The van der Waals surface area contributed by atoms with Gasteiger partial charge in [-0.05, 0) is 43.4 Å². The van der Waals surface area contributed by atoms with Crippen LogP contribution in [0.4, 0.5) is 23.9 Å². The summed E-state index contributed by atoms with van der Waals surface area (Å²) < 4.78 is 38.1. The fourth-order valence-electron chi connectivity index (χ4n) is 2.99. The number of nitrogens with one attached hydrogen (secondary N) is 2. The number of para-hydroxylation sites is 1. The first-order valence-electron chi connectivity index (χ1n) is 8.36. The van der Waals surface area contributed by atoms with E-state index in [0.29, 0.717) is 29.1 Å². The van der Waals surface area contributed by atoms with Crippen molar-refractivity contribution < 1.29 is 22.8 Å². The predicted molar refractivity (Wildman–Crippen MR) is 99.7 cm³/mol. The van der Waals surface area contributed by atoms with E-state index in [0.717, 1.165) is 35.5 Å². The van der Waals surface area contributed by atoms with Crippen molar-refractivity contribution in [3.05, 3.63) is 45.3 Å². The van der Waals surface area contributed by atoms with Crippen LogP contribution in [0, 0.1) is 0 Å². The summed E-state index contributed by atoms with van der Waals surface area (Å²) in [6.07, 6.45) is -1.06. The van der Waals surface area contributed by atoms with Crippen LogP contribution in [0.1, 0.15) is 40.1 Å². The molecule has 0 saturated heterocycles. The second-order valence-electron chi connectivity index (χ2n) is 6.15. The summed E-state index contributed by atoms with van der Waals surface area (Å²) in [5.41, 5.74) is 1.15. The number of rotatable bonds is 3. The minimum atomic E-state index is -5.03.